The van der Waals surface area contributed by atoms with E-state index in [0.717, 1.165) is 0 Å². The zero-order valence-electron chi connectivity index (χ0n) is 10.5. The van der Waals surface area contributed by atoms with Gasteiger partial charge in [-0.15, -0.1) is 0 Å². The van der Waals surface area contributed by atoms with E-state index in [-0.39, 0.29) is 23.0 Å². The average Bonchev–Trinajstić information content (AvgIpc) is 3.15. The van der Waals surface area contributed by atoms with Gasteiger partial charge in [0.15, 0.2) is 0 Å². The van der Waals surface area contributed by atoms with Crippen molar-refractivity contribution in [3.05, 3.63) is 23.8 Å². The molecule has 0 radical (unpaired) electrons. The first kappa shape index (κ1) is 13.7. The zero-order chi connectivity index (χ0) is 14.2. The van der Waals surface area contributed by atoms with E-state index in [0.29, 0.717) is 18.5 Å². The van der Waals surface area contributed by atoms with Crippen molar-refractivity contribution in [1.29, 1.82) is 0 Å². The van der Waals surface area contributed by atoms with E-state index < -0.39 is 16.0 Å². The molecule has 1 saturated carbocycles. The number of nitrogens with zero attached hydrogens (tertiary/aromatic N) is 1. The third-order valence-electron chi connectivity index (χ3n) is 3.08. The standard InChI is InChI=1S/C12H16N2O4S/c1-2-14(19(17,18)9-4-5-9)11-6-3-8(12(15)16)7-10(11)13/h3,6-7,9H,2,4-5,13H2,1H3,(H,15,16). The molecule has 0 atom stereocenters. The quantitative estimate of drug-likeness (QED) is 0.793. The second-order valence-corrected chi connectivity index (χ2v) is 6.63. The second-order valence-electron chi connectivity index (χ2n) is 4.49. The van der Waals surface area contributed by atoms with E-state index in [9.17, 15) is 13.2 Å². The molecule has 104 valence electrons. The Morgan fingerprint density at radius 3 is 2.53 bits per heavy atom. The van der Waals surface area contributed by atoms with Crippen LogP contribution in [-0.4, -0.2) is 31.3 Å². The van der Waals surface area contributed by atoms with Crippen molar-refractivity contribution >= 4 is 27.4 Å². The van der Waals surface area contributed by atoms with Gasteiger partial charge >= 0.3 is 5.97 Å². The molecule has 3 N–H and O–H groups in total. The molecule has 2 rings (SSSR count). The van der Waals surface area contributed by atoms with E-state index in [2.05, 4.69) is 0 Å². The van der Waals surface area contributed by atoms with Gasteiger partial charge in [0.25, 0.3) is 0 Å². The lowest BCUT2D eigenvalue weighted by atomic mass is 10.2. The molecule has 1 aliphatic rings. The number of carboxylic acids is 1. The number of nitrogen functional groups attached to an aromatic ring is 1. The Balaban J connectivity index is 2.42. The maximum absolute atomic E-state index is 12.2. The van der Waals surface area contributed by atoms with Gasteiger partial charge in [-0.3, -0.25) is 4.31 Å². The van der Waals surface area contributed by atoms with E-state index in [1.807, 2.05) is 0 Å². The van der Waals surface area contributed by atoms with Crippen LogP contribution in [0.25, 0.3) is 0 Å². The van der Waals surface area contributed by atoms with Crippen LogP contribution in [0, 0.1) is 0 Å². The summed E-state index contributed by atoms with van der Waals surface area (Å²) in [6, 6.07) is 4.09. The molecule has 19 heavy (non-hydrogen) atoms. The van der Waals surface area contributed by atoms with Crippen LogP contribution < -0.4 is 10.0 Å². The van der Waals surface area contributed by atoms with Crippen molar-refractivity contribution in [2.24, 2.45) is 0 Å². The van der Waals surface area contributed by atoms with Crippen molar-refractivity contribution in [2.45, 2.75) is 25.0 Å². The van der Waals surface area contributed by atoms with Crippen molar-refractivity contribution in [1.82, 2.24) is 0 Å². The number of hydrogen-bond donors (Lipinski definition) is 2. The molecule has 1 aromatic carbocycles. The SMILES string of the molecule is CCN(c1ccc(C(=O)O)cc1N)S(=O)(=O)C1CC1. The highest BCUT2D eigenvalue weighted by Crippen LogP contribution is 2.35. The van der Waals surface area contributed by atoms with Gasteiger partial charge in [0.2, 0.25) is 10.0 Å². The lowest BCUT2D eigenvalue weighted by Crippen LogP contribution is -2.34. The highest BCUT2D eigenvalue weighted by molar-refractivity contribution is 7.93. The van der Waals surface area contributed by atoms with E-state index >= 15 is 0 Å². The molecular formula is C12H16N2O4S. The Kier molecular flexibility index (Phi) is 3.40. The highest BCUT2D eigenvalue weighted by atomic mass is 32.2. The summed E-state index contributed by atoms with van der Waals surface area (Å²) in [6.45, 7) is 2.00. The number of hydrogen-bond acceptors (Lipinski definition) is 4. The van der Waals surface area contributed by atoms with Gasteiger partial charge in [0.05, 0.1) is 22.2 Å². The molecule has 0 heterocycles. The van der Waals surface area contributed by atoms with E-state index in [1.54, 1.807) is 6.92 Å². The van der Waals surface area contributed by atoms with Gasteiger partial charge in [-0.05, 0) is 38.0 Å². The smallest absolute Gasteiger partial charge is 0.335 e. The summed E-state index contributed by atoms with van der Waals surface area (Å²) in [4.78, 5) is 10.8. The van der Waals surface area contributed by atoms with Crippen LogP contribution in [-0.2, 0) is 10.0 Å². The number of rotatable bonds is 5. The topological polar surface area (TPSA) is 101 Å². The number of nitrogens with two attached hydrogens (primary N) is 1. The number of carbonyl (C=O) groups is 1. The molecule has 0 aromatic heterocycles. The molecular weight excluding hydrogens is 268 g/mol. The normalized spacial score (nSPS) is 15.2. The lowest BCUT2D eigenvalue weighted by molar-refractivity contribution is 0.0697. The van der Waals surface area contributed by atoms with Crippen LogP contribution in [0.5, 0.6) is 0 Å². The minimum atomic E-state index is -3.38. The van der Waals surface area contributed by atoms with Crippen LogP contribution in [0.15, 0.2) is 18.2 Å². The molecule has 0 aliphatic heterocycles. The monoisotopic (exact) mass is 284 g/mol. The summed E-state index contributed by atoms with van der Waals surface area (Å²) in [6.07, 6.45) is 1.35. The predicted molar refractivity (Wildman–Crippen MR) is 72.8 cm³/mol. The molecule has 1 aromatic rings. The van der Waals surface area contributed by atoms with Crippen molar-refractivity contribution in [2.75, 3.05) is 16.6 Å². The Morgan fingerprint density at radius 2 is 2.11 bits per heavy atom. The van der Waals surface area contributed by atoms with Gasteiger partial charge in [-0.1, -0.05) is 0 Å². The third-order valence-corrected chi connectivity index (χ3v) is 5.47. The Labute approximate surface area is 111 Å². The third kappa shape index (κ3) is 2.51. The Bertz CT molecular complexity index is 608. The van der Waals surface area contributed by atoms with Crippen LogP contribution in [0.3, 0.4) is 0 Å². The Morgan fingerprint density at radius 1 is 1.47 bits per heavy atom. The fourth-order valence-corrected chi connectivity index (χ4v) is 3.84. The molecule has 1 aliphatic carbocycles. The maximum atomic E-state index is 12.2. The fraction of sp³-hybridized carbons (Fsp3) is 0.417. The molecule has 0 unspecified atom stereocenters. The number of sulfonamides is 1. The summed E-state index contributed by atoms with van der Waals surface area (Å²) in [7, 11) is -3.38. The molecule has 0 bridgehead atoms. The molecule has 6 nitrogen and oxygen atoms in total. The predicted octanol–water partition coefficient (Wildman–Crippen LogP) is 1.29. The van der Waals surface area contributed by atoms with E-state index in [4.69, 9.17) is 10.8 Å². The number of aromatic carboxylic acids is 1. The summed E-state index contributed by atoms with van der Waals surface area (Å²) >= 11 is 0. The summed E-state index contributed by atoms with van der Waals surface area (Å²) in [5.41, 5.74) is 6.33. The summed E-state index contributed by atoms with van der Waals surface area (Å²) < 4.78 is 25.8. The maximum Gasteiger partial charge on any atom is 0.335 e. The largest absolute Gasteiger partial charge is 0.478 e. The highest BCUT2D eigenvalue weighted by Gasteiger charge is 2.40. The number of benzene rings is 1. The molecule has 0 spiro atoms. The summed E-state index contributed by atoms with van der Waals surface area (Å²) in [5.74, 6) is -1.09. The van der Waals surface area contributed by atoms with Crippen LogP contribution >= 0.6 is 0 Å². The van der Waals surface area contributed by atoms with E-state index in [1.165, 1.54) is 22.5 Å². The van der Waals surface area contributed by atoms with Gasteiger partial charge in [0, 0.05) is 6.54 Å². The zero-order valence-corrected chi connectivity index (χ0v) is 11.4. The van der Waals surface area contributed by atoms with Crippen molar-refractivity contribution in [3.8, 4) is 0 Å². The van der Waals surface area contributed by atoms with Crippen molar-refractivity contribution < 1.29 is 18.3 Å². The number of carboxylic acid groups (broad SMARTS) is 1. The van der Waals surface area contributed by atoms with Gasteiger partial charge < -0.3 is 10.8 Å². The van der Waals surface area contributed by atoms with Crippen molar-refractivity contribution in [3.63, 3.8) is 0 Å². The Hall–Kier alpha value is -1.76. The minimum absolute atomic E-state index is 0.0427. The first-order valence-corrected chi connectivity index (χ1v) is 7.52. The lowest BCUT2D eigenvalue weighted by Gasteiger charge is -2.24. The minimum Gasteiger partial charge on any atom is -0.478 e. The van der Waals surface area contributed by atoms with Gasteiger partial charge in [-0.2, -0.15) is 0 Å². The first-order chi connectivity index (χ1) is 8.87. The molecule has 1 fully saturated rings. The first-order valence-electron chi connectivity index (χ1n) is 6.02. The molecule has 0 saturated heterocycles. The fourth-order valence-electron chi connectivity index (χ4n) is 1.95. The van der Waals surface area contributed by atoms with Crippen LogP contribution in [0.4, 0.5) is 11.4 Å². The van der Waals surface area contributed by atoms with Gasteiger partial charge in [0.1, 0.15) is 0 Å². The van der Waals surface area contributed by atoms with Gasteiger partial charge in [-0.25, -0.2) is 13.2 Å². The average molecular weight is 284 g/mol. The van der Waals surface area contributed by atoms with Crippen LogP contribution in [0.1, 0.15) is 30.1 Å². The van der Waals surface area contributed by atoms with Crippen LogP contribution in [0.2, 0.25) is 0 Å². The summed E-state index contributed by atoms with van der Waals surface area (Å²) in [5, 5.41) is 8.54. The molecule has 7 heteroatoms. The number of anilines is 2. The second kappa shape index (κ2) is 4.73. The molecule has 0 amide bonds.